The van der Waals surface area contributed by atoms with Crippen LogP contribution in [0.15, 0.2) is 60.0 Å². The van der Waals surface area contributed by atoms with Gasteiger partial charge in [-0.15, -0.1) is 0 Å². The number of rotatable bonds is 6. The van der Waals surface area contributed by atoms with E-state index in [0.717, 1.165) is 18.5 Å². The van der Waals surface area contributed by atoms with Gasteiger partial charge in [-0.2, -0.15) is 5.10 Å². The van der Waals surface area contributed by atoms with Gasteiger partial charge < -0.3 is 15.4 Å². The number of aryl methyl sites for hydroxylation is 2. The molecule has 0 bridgehead atoms. The zero-order valence-corrected chi connectivity index (χ0v) is 17.7. The summed E-state index contributed by atoms with van der Waals surface area (Å²) in [6.45, 7) is 0.584. The Hall–Kier alpha value is -4.54. The van der Waals surface area contributed by atoms with E-state index in [4.69, 9.17) is 4.74 Å². The molecule has 4 aromatic heterocycles. The fourth-order valence-electron chi connectivity index (χ4n) is 3.52. The van der Waals surface area contributed by atoms with E-state index in [0.29, 0.717) is 35.5 Å². The van der Waals surface area contributed by atoms with E-state index in [-0.39, 0.29) is 11.1 Å². The lowest BCUT2D eigenvalue weighted by molar-refractivity contribution is 0.102. The van der Waals surface area contributed by atoms with Gasteiger partial charge in [0.25, 0.3) is 11.5 Å². The van der Waals surface area contributed by atoms with Crippen LogP contribution in [-0.2, 0) is 20.0 Å². The second kappa shape index (κ2) is 8.54. The number of pyridine rings is 2. The molecule has 0 atom stereocenters. The van der Waals surface area contributed by atoms with Gasteiger partial charge in [-0.05, 0) is 24.6 Å². The fourth-order valence-corrected chi connectivity index (χ4v) is 3.52. The highest BCUT2D eigenvalue weighted by molar-refractivity contribution is 6.03. The smallest absolute Gasteiger partial charge is 0.266 e. The summed E-state index contributed by atoms with van der Waals surface area (Å²) in [5.41, 5.74) is 0.471. The molecule has 0 saturated heterocycles. The molecule has 11 nitrogen and oxygen atoms in total. The Balaban J connectivity index is 1.24. The third-order valence-corrected chi connectivity index (χ3v) is 5.08. The number of ether oxygens (including phenoxy) is 1. The maximum Gasteiger partial charge on any atom is 0.266 e. The minimum Gasteiger partial charge on any atom is -0.456 e. The standard InChI is InChI=1S/C22H20N8O3/c1-29-13-14(10-26-29)27-19-9-15(6-7-23-19)33-16-4-5-18(24-11-16)28-21(31)17-12-25-20-3-2-8-30(20)22(17)32/h4-7,9-13H,2-3,8H2,1H3,(H,23,27)(H,24,28,31). The number of hydrogen-bond acceptors (Lipinski definition) is 8. The van der Waals surface area contributed by atoms with Gasteiger partial charge in [0.1, 0.15) is 34.5 Å². The molecule has 1 amide bonds. The molecule has 4 aromatic rings. The number of anilines is 3. The van der Waals surface area contributed by atoms with Crippen LogP contribution in [0.2, 0.25) is 0 Å². The number of carbonyl (C=O) groups excluding carboxylic acids is 1. The largest absolute Gasteiger partial charge is 0.456 e. The van der Waals surface area contributed by atoms with Crippen molar-refractivity contribution in [3.05, 3.63) is 77.0 Å². The van der Waals surface area contributed by atoms with Gasteiger partial charge in [-0.1, -0.05) is 0 Å². The van der Waals surface area contributed by atoms with Crippen LogP contribution in [0, 0.1) is 0 Å². The topological polar surface area (TPSA) is 129 Å². The monoisotopic (exact) mass is 444 g/mol. The van der Waals surface area contributed by atoms with Gasteiger partial charge in [0.15, 0.2) is 0 Å². The summed E-state index contributed by atoms with van der Waals surface area (Å²) in [5, 5.41) is 9.89. The van der Waals surface area contributed by atoms with Gasteiger partial charge in [0.2, 0.25) is 0 Å². The van der Waals surface area contributed by atoms with Crippen molar-refractivity contribution in [2.24, 2.45) is 7.05 Å². The molecule has 0 saturated carbocycles. The highest BCUT2D eigenvalue weighted by atomic mass is 16.5. The van der Waals surface area contributed by atoms with Crippen LogP contribution in [0.1, 0.15) is 22.6 Å². The first kappa shape index (κ1) is 20.4. The van der Waals surface area contributed by atoms with Crippen molar-refractivity contribution in [1.29, 1.82) is 0 Å². The van der Waals surface area contributed by atoms with Crippen LogP contribution < -0.4 is 20.9 Å². The second-order valence-electron chi connectivity index (χ2n) is 7.49. The minimum absolute atomic E-state index is 0.00629. The lowest BCUT2D eigenvalue weighted by Crippen LogP contribution is -2.30. The van der Waals surface area contributed by atoms with Gasteiger partial charge in [0.05, 0.1) is 18.1 Å². The van der Waals surface area contributed by atoms with Crippen molar-refractivity contribution in [3.8, 4) is 11.5 Å². The van der Waals surface area contributed by atoms with Gasteiger partial charge in [0, 0.05) is 44.7 Å². The summed E-state index contributed by atoms with van der Waals surface area (Å²) in [7, 11) is 1.83. The second-order valence-corrected chi connectivity index (χ2v) is 7.49. The number of aromatic nitrogens is 6. The maximum absolute atomic E-state index is 12.5. The van der Waals surface area contributed by atoms with Crippen LogP contribution in [0.3, 0.4) is 0 Å². The first-order valence-corrected chi connectivity index (χ1v) is 10.3. The van der Waals surface area contributed by atoms with Crippen LogP contribution in [0.4, 0.5) is 17.3 Å². The van der Waals surface area contributed by atoms with Gasteiger partial charge in [-0.3, -0.25) is 18.8 Å². The Bertz CT molecular complexity index is 1380. The molecular formula is C22H20N8O3. The predicted molar refractivity (Wildman–Crippen MR) is 120 cm³/mol. The lowest BCUT2D eigenvalue weighted by atomic mass is 10.3. The number of nitrogens with zero attached hydrogens (tertiary/aromatic N) is 6. The third kappa shape index (κ3) is 4.42. The van der Waals surface area contributed by atoms with E-state index in [2.05, 4.69) is 30.7 Å². The first-order valence-electron chi connectivity index (χ1n) is 10.3. The number of amides is 1. The highest BCUT2D eigenvalue weighted by Gasteiger charge is 2.19. The molecule has 1 aliphatic rings. The summed E-state index contributed by atoms with van der Waals surface area (Å²) in [6.07, 6.45) is 9.57. The fraction of sp³-hybridized carbons (Fsp3) is 0.182. The van der Waals surface area contributed by atoms with Gasteiger partial charge in [-0.25, -0.2) is 15.0 Å². The van der Waals surface area contributed by atoms with E-state index in [1.165, 1.54) is 12.4 Å². The normalized spacial score (nSPS) is 12.3. The van der Waals surface area contributed by atoms with Crippen molar-refractivity contribution in [2.45, 2.75) is 19.4 Å². The number of fused-ring (bicyclic) bond motifs is 1. The molecule has 0 fully saturated rings. The highest BCUT2D eigenvalue weighted by Crippen LogP contribution is 2.24. The molecule has 33 heavy (non-hydrogen) atoms. The SMILES string of the molecule is Cn1cc(Nc2cc(Oc3ccc(NC(=O)c4cnc5n(c4=O)CCC5)nc3)ccn2)cn1. The van der Waals surface area contributed by atoms with E-state index in [1.807, 2.05) is 13.2 Å². The molecule has 1 aliphatic heterocycles. The van der Waals surface area contributed by atoms with E-state index < -0.39 is 5.91 Å². The Morgan fingerprint density at radius 1 is 1.06 bits per heavy atom. The van der Waals surface area contributed by atoms with Crippen molar-refractivity contribution < 1.29 is 9.53 Å². The van der Waals surface area contributed by atoms with E-state index in [1.54, 1.807) is 45.9 Å². The molecule has 2 N–H and O–H groups in total. The molecule has 166 valence electrons. The number of hydrogen-bond donors (Lipinski definition) is 2. The summed E-state index contributed by atoms with van der Waals surface area (Å²) in [5.74, 6) is 2.11. The maximum atomic E-state index is 12.5. The number of carbonyl (C=O) groups is 1. The van der Waals surface area contributed by atoms with Crippen LogP contribution in [-0.4, -0.2) is 35.2 Å². The molecule has 0 spiro atoms. The zero-order valence-electron chi connectivity index (χ0n) is 17.7. The van der Waals surface area contributed by atoms with E-state index >= 15 is 0 Å². The summed E-state index contributed by atoms with van der Waals surface area (Å²) in [4.78, 5) is 37.7. The Morgan fingerprint density at radius 2 is 1.97 bits per heavy atom. The average Bonchev–Trinajstić information content (AvgIpc) is 3.45. The Labute approximate surface area is 188 Å². The molecule has 0 aromatic carbocycles. The molecular weight excluding hydrogens is 424 g/mol. The summed E-state index contributed by atoms with van der Waals surface area (Å²) < 4.78 is 9.07. The quantitative estimate of drug-likeness (QED) is 0.464. The van der Waals surface area contributed by atoms with Gasteiger partial charge >= 0.3 is 0 Å². The molecule has 0 radical (unpaired) electrons. The Kier molecular flexibility index (Phi) is 5.27. The van der Waals surface area contributed by atoms with Crippen LogP contribution in [0.5, 0.6) is 11.5 Å². The summed E-state index contributed by atoms with van der Waals surface area (Å²) in [6, 6.07) is 6.74. The van der Waals surface area contributed by atoms with Crippen LogP contribution in [0.25, 0.3) is 0 Å². The van der Waals surface area contributed by atoms with Crippen molar-refractivity contribution in [3.63, 3.8) is 0 Å². The van der Waals surface area contributed by atoms with Crippen LogP contribution >= 0.6 is 0 Å². The number of nitrogens with one attached hydrogen (secondary N) is 2. The first-order chi connectivity index (χ1) is 16.0. The molecule has 5 rings (SSSR count). The Morgan fingerprint density at radius 3 is 2.76 bits per heavy atom. The molecule has 11 heteroatoms. The molecule has 0 unspecified atom stereocenters. The average molecular weight is 444 g/mol. The zero-order chi connectivity index (χ0) is 22.8. The molecule has 5 heterocycles. The van der Waals surface area contributed by atoms with Crippen molar-refractivity contribution >= 4 is 23.2 Å². The summed E-state index contributed by atoms with van der Waals surface area (Å²) >= 11 is 0. The third-order valence-electron chi connectivity index (χ3n) is 5.08. The van der Waals surface area contributed by atoms with E-state index in [9.17, 15) is 9.59 Å². The predicted octanol–water partition coefficient (Wildman–Crippen LogP) is 2.50. The minimum atomic E-state index is -0.545. The lowest BCUT2D eigenvalue weighted by Gasteiger charge is -2.09. The molecule has 0 aliphatic carbocycles. The van der Waals surface area contributed by atoms with Crippen molar-refractivity contribution in [1.82, 2.24) is 29.3 Å². The van der Waals surface area contributed by atoms with Crippen molar-refractivity contribution in [2.75, 3.05) is 10.6 Å².